The Morgan fingerprint density at radius 3 is 2.48 bits per heavy atom. The first-order valence-electron chi connectivity index (χ1n) is 8.95. The van der Waals surface area contributed by atoms with Crippen molar-refractivity contribution >= 4 is 31.3 Å². The van der Waals surface area contributed by atoms with Gasteiger partial charge in [-0.05, 0) is 62.0 Å². The Morgan fingerprint density at radius 2 is 2.00 bits per heavy atom. The molecule has 146 valence electrons. The van der Waals surface area contributed by atoms with Crippen molar-refractivity contribution in [3.63, 3.8) is 0 Å². The minimum atomic E-state index is -1.62. The van der Waals surface area contributed by atoms with Gasteiger partial charge in [-0.3, -0.25) is 0 Å². The fraction of sp³-hybridized carbons (Fsp3) is 0.778. The standard InChI is InChI=1S/C18H34O4S2Si/c1-23-18(15-19,24(2)20)13-9-7-6-8-11-17(22-25(3,4)5)16-12-10-14-21-16/h10,12,14,17,19H,6-9,11,13,15H2,1-5H3. The van der Waals surface area contributed by atoms with Crippen molar-refractivity contribution in [3.8, 4) is 0 Å². The summed E-state index contributed by atoms with van der Waals surface area (Å²) in [7, 11) is -1.62. The Kier molecular flexibility index (Phi) is 10.2. The van der Waals surface area contributed by atoms with Crippen molar-refractivity contribution in [2.75, 3.05) is 19.1 Å². The molecular weight excluding hydrogens is 372 g/mol. The first-order valence-corrected chi connectivity index (χ1v) is 15.1. The van der Waals surface area contributed by atoms with E-state index in [0.29, 0.717) is 0 Å². The van der Waals surface area contributed by atoms with Gasteiger partial charge in [0.1, 0.15) is 18.5 Å². The number of aliphatic hydroxyl groups excluding tert-OH is 1. The Hall–Kier alpha value is 0.0769. The van der Waals surface area contributed by atoms with E-state index >= 15 is 0 Å². The molecule has 0 saturated heterocycles. The Morgan fingerprint density at radius 1 is 1.32 bits per heavy atom. The minimum absolute atomic E-state index is 0.0259. The number of hydrogen-bond donors (Lipinski definition) is 1. The zero-order valence-corrected chi connectivity index (χ0v) is 18.9. The van der Waals surface area contributed by atoms with Crippen LogP contribution in [0.4, 0.5) is 0 Å². The molecule has 0 saturated carbocycles. The average Bonchev–Trinajstić information content (AvgIpc) is 3.06. The lowest BCUT2D eigenvalue weighted by Crippen LogP contribution is -2.38. The van der Waals surface area contributed by atoms with E-state index in [-0.39, 0.29) is 12.7 Å². The van der Waals surface area contributed by atoms with Crippen molar-refractivity contribution in [2.24, 2.45) is 0 Å². The molecule has 1 aromatic heterocycles. The fourth-order valence-corrected chi connectivity index (χ4v) is 5.95. The average molecular weight is 407 g/mol. The minimum Gasteiger partial charge on any atom is -0.615 e. The Labute approximate surface area is 161 Å². The third-order valence-electron chi connectivity index (χ3n) is 4.27. The van der Waals surface area contributed by atoms with Crippen LogP contribution >= 0.6 is 11.8 Å². The van der Waals surface area contributed by atoms with Gasteiger partial charge in [-0.25, -0.2) is 0 Å². The van der Waals surface area contributed by atoms with Gasteiger partial charge >= 0.3 is 0 Å². The molecule has 7 heteroatoms. The SMILES string of the molecule is CSC(CO)(CCCCCCC(O[Si](C)(C)C)c1ccco1)[S+](C)[O-]. The van der Waals surface area contributed by atoms with Crippen LogP contribution < -0.4 is 0 Å². The van der Waals surface area contributed by atoms with Gasteiger partial charge in [-0.1, -0.05) is 19.3 Å². The van der Waals surface area contributed by atoms with Gasteiger partial charge in [-0.15, -0.1) is 11.8 Å². The summed E-state index contributed by atoms with van der Waals surface area (Å²) >= 11 is 0.498. The van der Waals surface area contributed by atoms with Crippen molar-refractivity contribution < 1.29 is 18.5 Å². The maximum absolute atomic E-state index is 11.9. The van der Waals surface area contributed by atoms with Crippen LogP contribution in [0.1, 0.15) is 50.4 Å². The highest BCUT2D eigenvalue weighted by atomic mass is 32.3. The van der Waals surface area contributed by atoms with Crippen LogP contribution in [-0.4, -0.2) is 41.2 Å². The summed E-state index contributed by atoms with van der Waals surface area (Å²) in [6.07, 6.45) is 11.4. The highest BCUT2D eigenvalue weighted by Gasteiger charge is 2.37. The van der Waals surface area contributed by atoms with E-state index in [1.54, 1.807) is 12.5 Å². The number of thioether (sulfide) groups is 1. The van der Waals surface area contributed by atoms with Crippen LogP contribution in [0.5, 0.6) is 0 Å². The maximum atomic E-state index is 11.9. The van der Waals surface area contributed by atoms with Crippen LogP contribution in [0, 0.1) is 0 Å². The number of rotatable bonds is 13. The molecule has 25 heavy (non-hydrogen) atoms. The quantitative estimate of drug-likeness (QED) is 0.285. The molecular formula is C18H34O4S2Si. The first-order chi connectivity index (χ1) is 11.7. The molecule has 4 nitrogen and oxygen atoms in total. The number of aliphatic hydroxyl groups is 1. The topological polar surface area (TPSA) is 65.7 Å². The zero-order chi connectivity index (χ0) is 18.9. The van der Waals surface area contributed by atoms with Gasteiger partial charge in [0.15, 0.2) is 12.4 Å². The highest BCUT2D eigenvalue weighted by Crippen LogP contribution is 2.34. The lowest BCUT2D eigenvalue weighted by Gasteiger charge is -2.30. The molecule has 3 atom stereocenters. The smallest absolute Gasteiger partial charge is 0.193 e. The van der Waals surface area contributed by atoms with Crippen LogP contribution in [0.3, 0.4) is 0 Å². The summed E-state index contributed by atoms with van der Waals surface area (Å²) in [4.78, 5) is 0. The maximum Gasteiger partial charge on any atom is 0.193 e. The molecule has 0 aliphatic rings. The largest absolute Gasteiger partial charge is 0.615 e. The van der Waals surface area contributed by atoms with Crippen LogP contribution in [0.15, 0.2) is 22.8 Å². The van der Waals surface area contributed by atoms with Crippen LogP contribution in [0.25, 0.3) is 0 Å². The molecule has 1 heterocycles. The predicted octanol–water partition coefficient (Wildman–Crippen LogP) is 4.94. The van der Waals surface area contributed by atoms with Gasteiger partial charge < -0.3 is 18.5 Å². The molecule has 0 fully saturated rings. The van der Waals surface area contributed by atoms with E-state index in [0.717, 1.165) is 44.3 Å². The molecule has 1 N–H and O–H groups in total. The van der Waals surface area contributed by atoms with Crippen LogP contribution in [-0.2, 0) is 15.6 Å². The van der Waals surface area contributed by atoms with E-state index < -0.39 is 23.6 Å². The molecule has 0 aromatic carbocycles. The Bertz CT molecular complexity index is 456. The second-order valence-corrected chi connectivity index (χ2v) is 15.0. The molecule has 0 aliphatic heterocycles. The molecule has 0 radical (unpaired) electrons. The van der Waals surface area contributed by atoms with Gasteiger partial charge in [0.05, 0.1) is 12.5 Å². The van der Waals surface area contributed by atoms with Gasteiger partial charge in [0.25, 0.3) is 0 Å². The van der Waals surface area contributed by atoms with Crippen molar-refractivity contribution in [1.29, 1.82) is 0 Å². The second-order valence-electron chi connectivity index (χ2n) is 7.41. The first kappa shape index (κ1) is 23.1. The molecule has 0 bridgehead atoms. The van der Waals surface area contributed by atoms with Gasteiger partial charge in [0.2, 0.25) is 0 Å². The normalized spacial score (nSPS) is 17.2. The van der Waals surface area contributed by atoms with E-state index in [1.165, 1.54) is 11.8 Å². The van der Waals surface area contributed by atoms with Crippen LogP contribution in [0.2, 0.25) is 19.6 Å². The summed E-state index contributed by atoms with van der Waals surface area (Å²) in [5.74, 6) is 0.922. The molecule has 0 aliphatic carbocycles. The van der Waals surface area contributed by atoms with Crippen molar-refractivity contribution in [3.05, 3.63) is 24.2 Å². The van der Waals surface area contributed by atoms with Crippen molar-refractivity contribution in [1.82, 2.24) is 0 Å². The second kappa shape index (κ2) is 11.0. The van der Waals surface area contributed by atoms with E-state index in [2.05, 4.69) is 19.6 Å². The summed E-state index contributed by atoms with van der Waals surface area (Å²) in [5.41, 5.74) is 0. The Balaban J connectivity index is 2.37. The van der Waals surface area contributed by atoms with Gasteiger partial charge in [-0.2, -0.15) is 0 Å². The molecule has 3 unspecified atom stereocenters. The fourth-order valence-electron chi connectivity index (χ4n) is 2.84. The van der Waals surface area contributed by atoms with E-state index in [9.17, 15) is 9.66 Å². The third kappa shape index (κ3) is 8.09. The molecule has 0 spiro atoms. The third-order valence-corrected chi connectivity index (χ3v) is 8.92. The van der Waals surface area contributed by atoms with Crippen molar-refractivity contribution in [2.45, 2.75) is 68.3 Å². The molecule has 1 rings (SSSR count). The van der Waals surface area contributed by atoms with Gasteiger partial charge in [0, 0.05) is 6.42 Å². The highest BCUT2D eigenvalue weighted by molar-refractivity contribution is 8.14. The summed E-state index contributed by atoms with van der Waals surface area (Å²) in [6.45, 7) is 6.57. The number of unbranched alkanes of at least 4 members (excludes halogenated alkanes) is 3. The lowest BCUT2D eigenvalue weighted by molar-refractivity contribution is 0.155. The monoisotopic (exact) mass is 406 g/mol. The molecule has 0 amide bonds. The number of furan rings is 1. The van der Waals surface area contributed by atoms with E-state index in [1.807, 2.05) is 18.4 Å². The predicted molar refractivity (Wildman–Crippen MR) is 111 cm³/mol. The number of hydrogen-bond acceptors (Lipinski definition) is 5. The van der Waals surface area contributed by atoms with E-state index in [4.69, 9.17) is 8.84 Å². The summed E-state index contributed by atoms with van der Waals surface area (Å²) in [5, 5.41) is 9.60. The molecule has 1 aromatic rings. The summed E-state index contributed by atoms with van der Waals surface area (Å²) in [6, 6.07) is 3.91. The summed E-state index contributed by atoms with van der Waals surface area (Å²) < 4.78 is 23.2. The lowest BCUT2D eigenvalue weighted by atomic mass is 10.1. The zero-order valence-electron chi connectivity index (χ0n) is 16.2.